The molecule has 0 spiro atoms. The van der Waals surface area contributed by atoms with Gasteiger partial charge in [-0.3, -0.25) is 4.79 Å². The van der Waals surface area contributed by atoms with E-state index in [1.165, 1.54) is 0 Å². The first-order chi connectivity index (χ1) is 7.63. The molecule has 16 heavy (non-hydrogen) atoms. The second-order valence-corrected chi connectivity index (χ2v) is 4.14. The third-order valence-corrected chi connectivity index (χ3v) is 2.50. The Hall–Kier alpha value is -1.32. The molecule has 0 saturated carbocycles. The SMILES string of the molecule is CCCCCC(=O)N(C)Cc1cc(C)on1. The Morgan fingerprint density at radius 3 is 2.81 bits per heavy atom. The van der Waals surface area contributed by atoms with Crippen molar-refractivity contribution in [1.29, 1.82) is 0 Å². The number of hydrogen-bond acceptors (Lipinski definition) is 3. The summed E-state index contributed by atoms with van der Waals surface area (Å²) >= 11 is 0. The van der Waals surface area contributed by atoms with Crippen molar-refractivity contribution in [3.63, 3.8) is 0 Å². The van der Waals surface area contributed by atoms with Crippen LogP contribution in [0.2, 0.25) is 0 Å². The van der Waals surface area contributed by atoms with E-state index in [0.29, 0.717) is 13.0 Å². The molecule has 0 aliphatic rings. The largest absolute Gasteiger partial charge is 0.361 e. The standard InChI is InChI=1S/C12H20N2O2/c1-4-5-6-7-12(15)14(3)9-11-8-10(2)16-13-11/h8H,4-7,9H2,1-3H3. The van der Waals surface area contributed by atoms with Gasteiger partial charge in [0, 0.05) is 19.5 Å². The number of nitrogens with zero attached hydrogens (tertiary/aromatic N) is 2. The Morgan fingerprint density at radius 1 is 1.50 bits per heavy atom. The van der Waals surface area contributed by atoms with Crippen molar-refractivity contribution >= 4 is 5.91 Å². The fourth-order valence-corrected chi connectivity index (χ4v) is 1.54. The summed E-state index contributed by atoms with van der Waals surface area (Å²) in [5, 5.41) is 3.87. The normalized spacial score (nSPS) is 10.4. The number of amides is 1. The summed E-state index contributed by atoms with van der Waals surface area (Å²) in [6.07, 6.45) is 3.85. The molecular formula is C12H20N2O2. The van der Waals surface area contributed by atoms with Gasteiger partial charge in [-0.2, -0.15) is 0 Å². The highest BCUT2D eigenvalue weighted by Crippen LogP contribution is 2.07. The zero-order chi connectivity index (χ0) is 12.0. The van der Waals surface area contributed by atoms with Crippen LogP contribution in [0.3, 0.4) is 0 Å². The van der Waals surface area contributed by atoms with E-state index in [-0.39, 0.29) is 5.91 Å². The topological polar surface area (TPSA) is 46.3 Å². The smallest absolute Gasteiger partial charge is 0.222 e. The summed E-state index contributed by atoms with van der Waals surface area (Å²) in [7, 11) is 1.80. The van der Waals surface area contributed by atoms with Gasteiger partial charge in [-0.05, 0) is 13.3 Å². The lowest BCUT2D eigenvalue weighted by Crippen LogP contribution is -2.25. The summed E-state index contributed by atoms with van der Waals surface area (Å²) in [6, 6.07) is 1.86. The first kappa shape index (κ1) is 12.7. The highest BCUT2D eigenvalue weighted by Gasteiger charge is 2.10. The van der Waals surface area contributed by atoms with Crippen LogP contribution in [0.5, 0.6) is 0 Å². The molecule has 0 N–H and O–H groups in total. The maximum Gasteiger partial charge on any atom is 0.222 e. The van der Waals surface area contributed by atoms with Gasteiger partial charge in [-0.1, -0.05) is 24.9 Å². The van der Waals surface area contributed by atoms with Gasteiger partial charge >= 0.3 is 0 Å². The number of carbonyl (C=O) groups is 1. The number of unbranched alkanes of at least 4 members (excludes halogenated alkanes) is 2. The molecule has 0 bridgehead atoms. The van der Waals surface area contributed by atoms with Crippen LogP contribution >= 0.6 is 0 Å². The summed E-state index contributed by atoms with van der Waals surface area (Å²) in [6.45, 7) is 4.51. The highest BCUT2D eigenvalue weighted by molar-refractivity contribution is 5.75. The lowest BCUT2D eigenvalue weighted by Gasteiger charge is -2.15. The second kappa shape index (κ2) is 6.30. The summed E-state index contributed by atoms with van der Waals surface area (Å²) < 4.78 is 4.96. The molecule has 0 saturated heterocycles. The van der Waals surface area contributed by atoms with Crippen molar-refractivity contribution in [1.82, 2.24) is 10.1 Å². The summed E-state index contributed by atoms with van der Waals surface area (Å²) in [5.74, 6) is 0.955. The Bertz CT molecular complexity index is 334. The Morgan fingerprint density at radius 2 is 2.25 bits per heavy atom. The van der Waals surface area contributed by atoms with Gasteiger partial charge < -0.3 is 9.42 Å². The lowest BCUT2D eigenvalue weighted by molar-refractivity contribution is -0.130. The molecule has 0 atom stereocenters. The van der Waals surface area contributed by atoms with Crippen molar-refractivity contribution in [3.8, 4) is 0 Å². The molecule has 1 heterocycles. The van der Waals surface area contributed by atoms with E-state index < -0.39 is 0 Å². The molecule has 0 aliphatic heterocycles. The van der Waals surface area contributed by atoms with Crippen molar-refractivity contribution in [3.05, 3.63) is 17.5 Å². The van der Waals surface area contributed by atoms with Crippen molar-refractivity contribution in [2.75, 3.05) is 7.05 Å². The van der Waals surface area contributed by atoms with Gasteiger partial charge in [0.05, 0.1) is 6.54 Å². The minimum atomic E-state index is 0.175. The van der Waals surface area contributed by atoms with Crippen LogP contribution in [0, 0.1) is 6.92 Å². The monoisotopic (exact) mass is 224 g/mol. The van der Waals surface area contributed by atoms with Crippen molar-refractivity contribution in [2.45, 2.75) is 46.1 Å². The molecule has 0 aliphatic carbocycles. The minimum absolute atomic E-state index is 0.175. The summed E-state index contributed by atoms with van der Waals surface area (Å²) in [5.41, 5.74) is 0.809. The van der Waals surface area contributed by atoms with Gasteiger partial charge in [0.1, 0.15) is 11.5 Å². The van der Waals surface area contributed by atoms with E-state index >= 15 is 0 Å². The van der Waals surface area contributed by atoms with Gasteiger partial charge in [0.2, 0.25) is 5.91 Å². The number of aromatic nitrogens is 1. The number of carbonyl (C=O) groups excluding carboxylic acids is 1. The van der Waals surface area contributed by atoms with Gasteiger partial charge in [0.15, 0.2) is 0 Å². The molecule has 4 heteroatoms. The fourth-order valence-electron chi connectivity index (χ4n) is 1.54. The van der Waals surface area contributed by atoms with Gasteiger partial charge in [-0.15, -0.1) is 0 Å². The van der Waals surface area contributed by atoms with Crippen LogP contribution in [-0.2, 0) is 11.3 Å². The third kappa shape index (κ3) is 4.04. The molecule has 0 fully saturated rings. The molecule has 0 unspecified atom stereocenters. The van der Waals surface area contributed by atoms with Crippen LogP contribution in [0.15, 0.2) is 10.6 Å². The first-order valence-electron chi connectivity index (χ1n) is 5.79. The third-order valence-electron chi connectivity index (χ3n) is 2.50. The lowest BCUT2D eigenvalue weighted by atomic mass is 10.2. The van der Waals surface area contributed by atoms with Gasteiger partial charge in [-0.25, -0.2) is 0 Å². The summed E-state index contributed by atoms with van der Waals surface area (Å²) in [4.78, 5) is 13.4. The van der Waals surface area contributed by atoms with Crippen LogP contribution in [0.4, 0.5) is 0 Å². The fraction of sp³-hybridized carbons (Fsp3) is 0.667. The van der Waals surface area contributed by atoms with Crippen LogP contribution in [-0.4, -0.2) is 23.0 Å². The molecule has 1 aromatic rings. The van der Waals surface area contributed by atoms with E-state index in [2.05, 4.69) is 12.1 Å². The van der Waals surface area contributed by atoms with E-state index in [1.54, 1.807) is 11.9 Å². The maximum atomic E-state index is 11.7. The molecule has 90 valence electrons. The zero-order valence-electron chi connectivity index (χ0n) is 10.3. The number of aryl methyl sites for hydroxylation is 1. The highest BCUT2D eigenvalue weighted by atomic mass is 16.5. The average molecular weight is 224 g/mol. The van der Waals surface area contributed by atoms with E-state index in [1.807, 2.05) is 13.0 Å². The average Bonchev–Trinajstić information content (AvgIpc) is 2.64. The van der Waals surface area contributed by atoms with Crippen LogP contribution < -0.4 is 0 Å². The molecule has 0 aromatic carbocycles. The molecule has 0 radical (unpaired) electrons. The number of rotatable bonds is 6. The van der Waals surface area contributed by atoms with E-state index in [0.717, 1.165) is 30.7 Å². The molecular weight excluding hydrogens is 204 g/mol. The van der Waals surface area contributed by atoms with E-state index in [4.69, 9.17) is 4.52 Å². The maximum absolute atomic E-state index is 11.7. The molecule has 1 aromatic heterocycles. The predicted molar refractivity (Wildman–Crippen MR) is 61.9 cm³/mol. The zero-order valence-corrected chi connectivity index (χ0v) is 10.3. The molecule has 1 rings (SSSR count). The van der Waals surface area contributed by atoms with Gasteiger partial charge in [0.25, 0.3) is 0 Å². The Kier molecular flexibility index (Phi) is 5.02. The first-order valence-corrected chi connectivity index (χ1v) is 5.79. The van der Waals surface area contributed by atoms with Crippen LogP contribution in [0.1, 0.15) is 44.1 Å². The van der Waals surface area contributed by atoms with Crippen LogP contribution in [0.25, 0.3) is 0 Å². The quantitative estimate of drug-likeness (QED) is 0.697. The van der Waals surface area contributed by atoms with Crippen molar-refractivity contribution < 1.29 is 9.32 Å². The second-order valence-electron chi connectivity index (χ2n) is 4.14. The number of hydrogen-bond donors (Lipinski definition) is 0. The van der Waals surface area contributed by atoms with E-state index in [9.17, 15) is 4.79 Å². The van der Waals surface area contributed by atoms with Crippen molar-refractivity contribution in [2.24, 2.45) is 0 Å². The Balaban J connectivity index is 2.34. The predicted octanol–water partition coefficient (Wildman–Crippen LogP) is 2.52. The minimum Gasteiger partial charge on any atom is -0.361 e. The Labute approximate surface area is 96.6 Å². The molecule has 1 amide bonds. The molecule has 4 nitrogen and oxygen atoms in total.